The lowest BCUT2D eigenvalue weighted by Crippen LogP contribution is -2.15. The summed E-state index contributed by atoms with van der Waals surface area (Å²) in [5.41, 5.74) is 0.196. The van der Waals surface area contributed by atoms with Gasteiger partial charge in [0.25, 0.3) is 0 Å². The molecule has 0 bridgehead atoms. The number of nitrogens with zero attached hydrogens (tertiary/aromatic N) is 2. The predicted molar refractivity (Wildman–Crippen MR) is 76.6 cm³/mol. The van der Waals surface area contributed by atoms with Crippen LogP contribution in [0.3, 0.4) is 0 Å². The zero-order valence-corrected chi connectivity index (χ0v) is 13.2. The predicted octanol–water partition coefficient (Wildman–Crippen LogP) is 3.39. The maximum atomic E-state index is 12.8. The number of hydrogen-bond donors (Lipinski definition) is 0. The molecule has 5 nitrogen and oxygen atoms in total. The van der Waals surface area contributed by atoms with Crippen molar-refractivity contribution in [2.45, 2.75) is 45.9 Å². The van der Waals surface area contributed by atoms with Gasteiger partial charge in [0.1, 0.15) is 13.5 Å². The fourth-order valence-electron chi connectivity index (χ4n) is 1.67. The first-order valence-electron chi connectivity index (χ1n) is 6.57. The Balaban J connectivity index is 2.75. The Bertz CT molecular complexity index is 437. The molecule has 0 aromatic carbocycles. The van der Waals surface area contributed by atoms with Gasteiger partial charge in [-0.3, -0.25) is 0 Å². The Kier molecular flexibility index (Phi) is 5.80. The standard InChI is InChI=1S/C13H23N2O3P/c1-6-17-13-14-8-7-12(15-13)18-9-19(16,10(2)3)11(4)5/h7-8,10-11H,6,9H2,1-5H3. The van der Waals surface area contributed by atoms with Crippen LogP contribution in [0, 0.1) is 0 Å². The van der Waals surface area contributed by atoms with E-state index in [2.05, 4.69) is 9.97 Å². The molecule has 0 saturated carbocycles. The molecule has 19 heavy (non-hydrogen) atoms. The van der Waals surface area contributed by atoms with Crippen molar-refractivity contribution in [3.05, 3.63) is 12.3 Å². The van der Waals surface area contributed by atoms with Gasteiger partial charge in [-0.05, 0) is 6.92 Å². The highest BCUT2D eigenvalue weighted by atomic mass is 31.2. The van der Waals surface area contributed by atoms with Gasteiger partial charge in [-0.1, -0.05) is 27.7 Å². The van der Waals surface area contributed by atoms with Crippen LogP contribution >= 0.6 is 7.14 Å². The van der Waals surface area contributed by atoms with Gasteiger partial charge < -0.3 is 14.0 Å². The zero-order valence-electron chi connectivity index (χ0n) is 12.3. The second-order valence-electron chi connectivity index (χ2n) is 4.93. The topological polar surface area (TPSA) is 61.3 Å². The van der Waals surface area contributed by atoms with E-state index < -0.39 is 7.14 Å². The summed E-state index contributed by atoms with van der Waals surface area (Å²) >= 11 is 0. The molecule has 6 heteroatoms. The van der Waals surface area contributed by atoms with E-state index >= 15 is 0 Å². The lowest BCUT2D eigenvalue weighted by Gasteiger charge is -2.25. The molecule has 0 atom stereocenters. The van der Waals surface area contributed by atoms with Crippen LogP contribution in [0.5, 0.6) is 11.9 Å². The molecule has 0 aliphatic heterocycles. The van der Waals surface area contributed by atoms with Gasteiger partial charge in [-0.15, -0.1) is 0 Å². The fraction of sp³-hybridized carbons (Fsp3) is 0.692. The molecule has 0 spiro atoms. The van der Waals surface area contributed by atoms with E-state index in [1.807, 2.05) is 34.6 Å². The largest absolute Gasteiger partial charge is 0.470 e. The van der Waals surface area contributed by atoms with Crippen molar-refractivity contribution >= 4 is 7.14 Å². The van der Waals surface area contributed by atoms with Crippen LogP contribution in [0.2, 0.25) is 0 Å². The highest BCUT2D eigenvalue weighted by molar-refractivity contribution is 7.65. The lowest BCUT2D eigenvalue weighted by atomic mass is 10.5. The van der Waals surface area contributed by atoms with Gasteiger partial charge in [0.15, 0.2) is 0 Å². The highest BCUT2D eigenvalue weighted by Gasteiger charge is 2.31. The summed E-state index contributed by atoms with van der Waals surface area (Å²) in [5, 5.41) is 0. The molecule has 1 heterocycles. The van der Waals surface area contributed by atoms with Crippen molar-refractivity contribution in [1.82, 2.24) is 9.97 Å². The van der Waals surface area contributed by atoms with Crippen LogP contribution in [0.1, 0.15) is 34.6 Å². The van der Waals surface area contributed by atoms with Crippen molar-refractivity contribution in [1.29, 1.82) is 0 Å². The number of hydrogen-bond acceptors (Lipinski definition) is 5. The molecular formula is C13H23N2O3P. The first-order chi connectivity index (χ1) is 8.90. The van der Waals surface area contributed by atoms with Crippen molar-refractivity contribution in [2.24, 2.45) is 0 Å². The van der Waals surface area contributed by atoms with Crippen LogP contribution in [-0.4, -0.2) is 34.2 Å². The van der Waals surface area contributed by atoms with Crippen molar-refractivity contribution < 1.29 is 14.0 Å². The average Bonchev–Trinajstić information content (AvgIpc) is 2.36. The fourth-order valence-corrected chi connectivity index (χ4v) is 3.79. The molecule has 108 valence electrons. The van der Waals surface area contributed by atoms with Gasteiger partial charge in [0.05, 0.1) is 6.61 Å². The van der Waals surface area contributed by atoms with Crippen LogP contribution < -0.4 is 9.47 Å². The Labute approximate surface area is 115 Å². The number of ether oxygens (including phenoxy) is 2. The molecule has 0 aliphatic rings. The van der Waals surface area contributed by atoms with E-state index in [9.17, 15) is 4.57 Å². The summed E-state index contributed by atoms with van der Waals surface area (Å²) in [7, 11) is -2.38. The van der Waals surface area contributed by atoms with Crippen LogP contribution in [0.15, 0.2) is 12.3 Å². The Morgan fingerprint density at radius 3 is 2.37 bits per heavy atom. The van der Waals surface area contributed by atoms with Gasteiger partial charge in [0, 0.05) is 23.6 Å². The van der Waals surface area contributed by atoms with E-state index in [0.717, 1.165) is 0 Å². The normalized spacial score (nSPS) is 11.9. The molecule has 1 aromatic rings. The molecule has 0 radical (unpaired) electrons. The maximum absolute atomic E-state index is 12.8. The van der Waals surface area contributed by atoms with Gasteiger partial charge in [-0.2, -0.15) is 4.98 Å². The van der Waals surface area contributed by atoms with Crippen molar-refractivity contribution in [2.75, 3.05) is 13.0 Å². The first-order valence-corrected chi connectivity index (χ1v) is 8.60. The SMILES string of the molecule is CCOc1nccc(OCP(=O)(C(C)C)C(C)C)n1. The van der Waals surface area contributed by atoms with Gasteiger partial charge in [-0.25, -0.2) is 4.98 Å². The maximum Gasteiger partial charge on any atom is 0.319 e. The minimum absolute atomic E-state index is 0.0979. The molecular weight excluding hydrogens is 263 g/mol. The van der Waals surface area contributed by atoms with Gasteiger partial charge in [0.2, 0.25) is 5.88 Å². The summed E-state index contributed by atoms with van der Waals surface area (Å²) in [4.78, 5) is 8.07. The first kappa shape index (κ1) is 16.0. The van der Waals surface area contributed by atoms with E-state index in [-0.39, 0.29) is 23.7 Å². The second-order valence-corrected chi connectivity index (χ2v) is 8.96. The zero-order chi connectivity index (χ0) is 14.5. The Morgan fingerprint density at radius 1 is 1.21 bits per heavy atom. The highest BCUT2D eigenvalue weighted by Crippen LogP contribution is 2.54. The minimum Gasteiger partial charge on any atom is -0.470 e. The summed E-state index contributed by atoms with van der Waals surface area (Å²) in [5.74, 6) is 0.403. The molecule has 0 aliphatic carbocycles. The van der Waals surface area contributed by atoms with E-state index in [1.165, 1.54) is 0 Å². The van der Waals surface area contributed by atoms with Crippen molar-refractivity contribution in [3.8, 4) is 11.9 Å². The Hall–Kier alpha value is -1.09. The van der Waals surface area contributed by atoms with Crippen LogP contribution in [0.25, 0.3) is 0 Å². The molecule has 0 saturated heterocycles. The van der Waals surface area contributed by atoms with Crippen molar-refractivity contribution in [3.63, 3.8) is 0 Å². The molecule has 0 N–H and O–H groups in total. The number of aromatic nitrogens is 2. The molecule has 1 aromatic heterocycles. The average molecular weight is 286 g/mol. The van der Waals surface area contributed by atoms with Crippen LogP contribution in [0.4, 0.5) is 0 Å². The third kappa shape index (κ3) is 4.20. The Morgan fingerprint density at radius 2 is 1.84 bits per heavy atom. The number of rotatable bonds is 7. The summed E-state index contributed by atoms with van der Waals surface area (Å²) in [6.45, 7) is 10.2. The summed E-state index contributed by atoms with van der Waals surface area (Å²) < 4.78 is 23.6. The van der Waals surface area contributed by atoms with E-state index in [0.29, 0.717) is 12.5 Å². The molecule has 0 fully saturated rings. The summed E-state index contributed by atoms with van der Waals surface area (Å²) in [6, 6.07) is 1.93. The third-order valence-corrected chi connectivity index (χ3v) is 7.07. The van der Waals surface area contributed by atoms with E-state index in [4.69, 9.17) is 9.47 Å². The quantitative estimate of drug-likeness (QED) is 0.719. The summed E-state index contributed by atoms with van der Waals surface area (Å²) in [6.07, 6.45) is 1.77. The lowest BCUT2D eigenvalue weighted by molar-refractivity contribution is 0.297. The molecule has 1 rings (SSSR count). The molecule has 0 unspecified atom stereocenters. The van der Waals surface area contributed by atoms with Crippen LogP contribution in [-0.2, 0) is 4.57 Å². The van der Waals surface area contributed by atoms with Gasteiger partial charge >= 0.3 is 6.01 Å². The third-order valence-electron chi connectivity index (χ3n) is 3.04. The molecule has 0 amide bonds. The van der Waals surface area contributed by atoms with E-state index in [1.54, 1.807) is 12.3 Å². The monoisotopic (exact) mass is 286 g/mol. The smallest absolute Gasteiger partial charge is 0.319 e. The minimum atomic E-state index is -2.38. The second kappa shape index (κ2) is 6.90.